The Bertz CT molecular complexity index is 974. The first kappa shape index (κ1) is 22.8. The third kappa shape index (κ3) is 2.73. The molecule has 1 aliphatic heterocycles. The molecule has 0 unspecified atom stereocenters. The summed E-state index contributed by atoms with van der Waals surface area (Å²) in [6, 6.07) is 1.74. The molecule has 0 radical (unpaired) electrons. The van der Waals surface area contributed by atoms with E-state index in [0.717, 1.165) is 5.56 Å². The van der Waals surface area contributed by atoms with Crippen LogP contribution in [-0.2, 0) is 19.1 Å². The predicted molar refractivity (Wildman–Crippen MR) is 115 cm³/mol. The van der Waals surface area contributed by atoms with Crippen LogP contribution in [-0.4, -0.2) is 39.5 Å². The Morgan fingerprint density at radius 1 is 1.31 bits per heavy atom. The molecule has 174 valence electrons. The van der Waals surface area contributed by atoms with Crippen molar-refractivity contribution >= 4 is 11.9 Å². The molecule has 0 bridgehead atoms. The number of esters is 2. The van der Waals surface area contributed by atoms with Gasteiger partial charge in [0.15, 0.2) is 0 Å². The maximum Gasteiger partial charge on any atom is 0.333 e. The van der Waals surface area contributed by atoms with Gasteiger partial charge < -0.3 is 24.1 Å². The van der Waals surface area contributed by atoms with E-state index < -0.39 is 46.2 Å². The van der Waals surface area contributed by atoms with Gasteiger partial charge in [-0.15, -0.1) is 0 Å². The van der Waals surface area contributed by atoms with Crippen LogP contribution < -0.4 is 0 Å². The van der Waals surface area contributed by atoms with E-state index in [-0.39, 0.29) is 19.3 Å². The number of fused-ring (bicyclic) bond motifs is 2. The molecule has 2 N–H and O–H groups in total. The number of carbonyl (C=O) groups is 2. The van der Waals surface area contributed by atoms with Gasteiger partial charge in [0.25, 0.3) is 0 Å². The van der Waals surface area contributed by atoms with E-state index in [2.05, 4.69) is 6.58 Å². The first-order valence-electron chi connectivity index (χ1n) is 11.1. The van der Waals surface area contributed by atoms with E-state index in [1.807, 2.05) is 0 Å². The fourth-order valence-corrected chi connectivity index (χ4v) is 6.14. The molecule has 1 spiro atoms. The Morgan fingerprint density at radius 3 is 2.66 bits per heavy atom. The molecule has 3 fully saturated rings. The summed E-state index contributed by atoms with van der Waals surface area (Å²) >= 11 is 0. The minimum absolute atomic E-state index is 0.165. The second kappa shape index (κ2) is 7.32. The molecule has 0 aromatic carbocycles. The van der Waals surface area contributed by atoms with Crippen LogP contribution in [0.3, 0.4) is 0 Å². The summed E-state index contributed by atoms with van der Waals surface area (Å²) in [6.07, 6.45) is 4.74. The van der Waals surface area contributed by atoms with Gasteiger partial charge in [-0.3, -0.25) is 4.79 Å². The highest BCUT2D eigenvalue weighted by molar-refractivity contribution is 5.88. The lowest BCUT2D eigenvalue weighted by Crippen LogP contribution is -2.75. The van der Waals surface area contributed by atoms with Gasteiger partial charge in [0.05, 0.1) is 18.1 Å². The molecule has 3 aliphatic rings. The topological polar surface area (TPSA) is 106 Å². The van der Waals surface area contributed by atoms with Crippen LogP contribution in [0.25, 0.3) is 0 Å². The first-order chi connectivity index (χ1) is 14.9. The minimum atomic E-state index is -1.62. The van der Waals surface area contributed by atoms with Crippen molar-refractivity contribution in [3.05, 3.63) is 48.0 Å². The van der Waals surface area contributed by atoms with E-state index in [0.29, 0.717) is 24.0 Å². The number of hydrogen-bond acceptors (Lipinski definition) is 7. The number of hydrogen-bond donors (Lipinski definition) is 2. The third-order valence-electron chi connectivity index (χ3n) is 8.67. The third-order valence-corrected chi connectivity index (χ3v) is 8.67. The highest BCUT2D eigenvalue weighted by Gasteiger charge is 2.77. The molecule has 4 rings (SSSR count). The van der Waals surface area contributed by atoms with Crippen molar-refractivity contribution in [3.8, 4) is 0 Å². The Kier molecular flexibility index (Phi) is 5.21. The second-order valence-electron chi connectivity index (χ2n) is 9.91. The summed E-state index contributed by atoms with van der Waals surface area (Å²) < 4.78 is 16.6. The number of aliphatic hydroxyl groups is 2. The molecule has 1 aromatic heterocycles. The zero-order chi connectivity index (χ0) is 23.5. The quantitative estimate of drug-likeness (QED) is 0.415. The van der Waals surface area contributed by atoms with Crippen molar-refractivity contribution in [2.24, 2.45) is 10.8 Å². The summed E-state index contributed by atoms with van der Waals surface area (Å²) in [6.45, 7) is 10.9. The first-order valence-corrected chi connectivity index (χ1v) is 11.1. The van der Waals surface area contributed by atoms with Crippen LogP contribution in [0.2, 0.25) is 0 Å². The normalized spacial score (nSPS) is 42.0. The molecule has 32 heavy (non-hydrogen) atoms. The Morgan fingerprint density at radius 2 is 2.03 bits per heavy atom. The van der Waals surface area contributed by atoms with Gasteiger partial charge in [-0.1, -0.05) is 25.2 Å². The largest absolute Gasteiger partial charge is 0.472 e. The maximum absolute atomic E-state index is 13.4. The van der Waals surface area contributed by atoms with Crippen LogP contribution in [0, 0.1) is 10.8 Å². The van der Waals surface area contributed by atoms with Gasteiger partial charge in [0, 0.05) is 23.0 Å². The van der Waals surface area contributed by atoms with Gasteiger partial charge in [-0.25, -0.2) is 4.79 Å². The molecule has 0 amide bonds. The Labute approximate surface area is 188 Å². The summed E-state index contributed by atoms with van der Waals surface area (Å²) in [4.78, 5) is 25.9. The zero-order valence-corrected chi connectivity index (χ0v) is 19.1. The molecule has 7 heteroatoms. The van der Waals surface area contributed by atoms with Crippen molar-refractivity contribution < 1.29 is 33.7 Å². The number of furan rings is 1. The Hall–Kier alpha value is -2.38. The van der Waals surface area contributed by atoms with E-state index in [1.54, 1.807) is 39.8 Å². The molecular weight excluding hydrogens is 412 g/mol. The highest BCUT2D eigenvalue weighted by atomic mass is 16.6. The van der Waals surface area contributed by atoms with Crippen molar-refractivity contribution in [2.75, 3.05) is 0 Å². The number of rotatable bonds is 3. The lowest BCUT2D eigenvalue weighted by atomic mass is 9.41. The molecule has 1 aromatic rings. The predicted octanol–water partition coefficient (Wildman–Crippen LogP) is 3.76. The Balaban J connectivity index is 1.74. The SMILES string of the molecule is C=C1CC[C@@]2(C)[C@](O)(CC[C@@H](OC(=O)C(C)=CC)[C@]2(C)O)[C@@]12C[C@H](c1ccoc1)OC2=O. The molecule has 2 saturated carbocycles. The fourth-order valence-electron chi connectivity index (χ4n) is 6.14. The van der Waals surface area contributed by atoms with Crippen LogP contribution in [0.4, 0.5) is 0 Å². The number of carbonyl (C=O) groups excluding carboxylic acids is 2. The molecule has 2 aliphatic carbocycles. The summed E-state index contributed by atoms with van der Waals surface area (Å²) in [5.74, 6) is -1.03. The number of ether oxygens (including phenoxy) is 2. The smallest absolute Gasteiger partial charge is 0.333 e. The highest BCUT2D eigenvalue weighted by Crippen LogP contribution is 2.69. The van der Waals surface area contributed by atoms with E-state index in [4.69, 9.17) is 13.9 Å². The van der Waals surface area contributed by atoms with Gasteiger partial charge in [0.2, 0.25) is 0 Å². The maximum atomic E-state index is 13.4. The van der Waals surface area contributed by atoms with E-state index in [1.165, 1.54) is 12.5 Å². The molecular formula is C25H32O7. The van der Waals surface area contributed by atoms with Crippen molar-refractivity contribution in [3.63, 3.8) is 0 Å². The second-order valence-corrected chi connectivity index (χ2v) is 9.91. The summed E-state index contributed by atoms with van der Waals surface area (Å²) in [5, 5.41) is 24.1. The fraction of sp³-hybridized carbons (Fsp3) is 0.600. The standard InChI is InChI=1S/C25H32O7/c1-6-15(2)20(26)32-19-8-11-25(29)22(4,23(19,5)28)10-7-16(3)24(25)13-18(31-21(24)27)17-9-12-30-14-17/h6,9,12,14,18-19,28-29H,3,7-8,10-11,13H2,1-2,4-5H3/t18-,19-,22-,23+,24+,25-/m1/s1. The summed E-state index contributed by atoms with van der Waals surface area (Å²) in [5.41, 5.74) is -3.92. The average Bonchev–Trinajstić information content (AvgIpc) is 3.40. The van der Waals surface area contributed by atoms with Gasteiger partial charge in [-0.05, 0) is 52.5 Å². The molecule has 1 saturated heterocycles. The zero-order valence-electron chi connectivity index (χ0n) is 19.1. The van der Waals surface area contributed by atoms with Crippen LogP contribution in [0.5, 0.6) is 0 Å². The van der Waals surface area contributed by atoms with Gasteiger partial charge >= 0.3 is 11.9 Å². The van der Waals surface area contributed by atoms with Crippen LogP contribution >= 0.6 is 0 Å². The van der Waals surface area contributed by atoms with Crippen LogP contribution in [0.1, 0.15) is 71.5 Å². The summed E-state index contributed by atoms with van der Waals surface area (Å²) in [7, 11) is 0. The lowest BCUT2D eigenvalue weighted by molar-refractivity contribution is -0.290. The van der Waals surface area contributed by atoms with Gasteiger partial charge in [-0.2, -0.15) is 0 Å². The van der Waals surface area contributed by atoms with E-state index in [9.17, 15) is 19.8 Å². The van der Waals surface area contributed by atoms with Gasteiger partial charge in [0.1, 0.15) is 23.2 Å². The number of cyclic esters (lactones) is 1. The molecule has 7 nitrogen and oxygen atoms in total. The molecule has 2 heterocycles. The van der Waals surface area contributed by atoms with Crippen LogP contribution in [0.15, 0.2) is 46.8 Å². The monoisotopic (exact) mass is 444 g/mol. The van der Waals surface area contributed by atoms with E-state index >= 15 is 0 Å². The lowest BCUT2D eigenvalue weighted by Gasteiger charge is -2.65. The van der Waals surface area contributed by atoms with Crippen molar-refractivity contribution in [1.82, 2.24) is 0 Å². The van der Waals surface area contributed by atoms with Crippen molar-refractivity contribution in [2.45, 2.75) is 83.2 Å². The average molecular weight is 445 g/mol. The van der Waals surface area contributed by atoms with Crippen molar-refractivity contribution in [1.29, 1.82) is 0 Å². The molecule has 6 atom stereocenters. The minimum Gasteiger partial charge on any atom is -0.472 e. The number of allylic oxidation sites excluding steroid dienone is 1.